The minimum Gasteiger partial charge on any atom is -0.459 e. The molecule has 4 saturated heterocycles. The normalized spacial score (nSPS) is 26.6. The molecule has 350 valence electrons. The van der Waals surface area contributed by atoms with Crippen LogP contribution in [0.4, 0.5) is 0 Å². The van der Waals surface area contributed by atoms with Crippen LogP contribution in [0.25, 0.3) is 0 Å². The maximum Gasteiger partial charge on any atom is 0.339 e. The fourth-order valence-electron chi connectivity index (χ4n) is 11.2. The summed E-state index contributed by atoms with van der Waals surface area (Å²) in [6, 6.07) is 2.37. The van der Waals surface area contributed by atoms with Gasteiger partial charge in [0.05, 0.1) is 66.6 Å². The van der Waals surface area contributed by atoms with Gasteiger partial charge < -0.3 is 39.8 Å². The highest BCUT2D eigenvalue weighted by atomic mass is 16.6. The van der Waals surface area contributed by atoms with Crippen LogP contribution in [-0.4, -0.2) is 134 Å². The lowest BCUT2D eigenvalue weighted by Gasteiger charge is -2.47. The van der Waals surface area contributed by atoms with Crippen LogP contribution in [0, 0.1) is 0 Å². The summed E-state index contributed by atoms with van der Waals surface area (Å²) >= 11 is 0. The van der Waals surface area contributed by atoms with E-state index < -0.39 is 92.6 Å². The first kappa shape index (κ1) is 49.8. The Balaban J connectivity index is 1.63. The Hall–Kier alpha value is -3.22. The molecule has 8 N–H and O–H groups in total. The zero-order valence-corrected chi connectivity index (χ0v) is 40.2. The Bertz CT molecular complexity index is 1580. The third-order valence-corrected chi connectivity index (χ3v) is 13.8. The molecule has 0 radical (unpaired) electrons. The average Bonchev–Trinajstić information content (AvgIpc) is 3.09. The van der Waals surface area contributed by atoms with Crippen LogP contribution in [0.15, 0.2) is 12.1 Å². The summed E-state index contributed by atoms with van der Waals surface area (Å²) in [5.74, 6) is -3.62. The van der Waals surface area contributed by atoms with E-state index in [-0.39, 0.29) is 22.3 Å². The molecule has 0 bridgehead atoms. The maximum absolute atomic E-state index is 14.6. The van der Waals surface area contributed by atoms with Gasteiger partial charge in [0.15, 0.2) is 0 Å². The second-order valence-electron chi connectivity index (χ2n) is 23.5. The summed E-state index contributed by atoms with van der Waals surface area (Å²) in [4.78, 5) is 58.3. The number of esters is 4. The van der Waals surface area contributed by atoms with Gasteiger partial charge in [-0.15, -0.1) is 0 Å². The second kappa shape index (κ2) is 16.3. The monoisotopic (exact) mass is 879 g/mol. The largest absolute Gasteiger partial charge is 0.459 e. The number of benzene rings is 1. The number of hydrogen-bond donors (Lipinski definition) is 0. The summed E-state index contributed by atoms with van der Waals surface area (Å²) in [5, 5.41) is 41.0. The maximum atomic E-state index is 14.6. The van der Waals surface area contributed by atoms with Gasteiger partial charge in [0.25, 0.3) is 0 Å². The van der Waals surface area contributed by atoms with Crippen LogP contribution in [0.5, 0.6) is 0 Å². The van der Waals surface area contributed by atoms with Crippen molar-refractivity contribution in [3.05, 3.63) is 34.4 Å². The van der Waals surface area contributed by atoms with Gasteiger partial charge in [-0.1, -0.05) is 20.3 Å². The van der Waals surface area contributed by atoms with Crippen molar-refractivity contribution >= 4 is 23.9 Å². The van der Waals surface area contributed by atoms with Gasteiger partial charge in [-0.2, -0.15) is 0 Å². The van der Waals surface area contributed by atoms with Crippen LogP contribution >= 0.6 is 0 Å². The van der Waals surface area contributed by atoms with Crippen molar-refractivity contribution < 1.29 is 59.0 Å². The van der Waals surface area contributed by atoms with E-state index in [0.717, 1.165) is 0 Å². The Labute approximate surface area is 367 Å². The number of hydroxylamine groups is 8. The number of rotatable bonds is 8. The lowest BCUT2D eigenvalue weighted by molar-refractivity contribution is -0.257. The van der Waals surface area contributed by atoms with E-state index in [1.165, 1.54) is 32.4 Å². The Kier molecular flexibility index (Phi) is 13.1. The van der Waals surface area contributed by atoms with Gasteiger partial charge in [0.1, 0.15) is 24.4 Å². The highest BCUT2D eigenvalue weighted by molar-refractivity contribution is 6.10. The molecule has 1 aromatic rings. The minimum atomic E-state index is -0.904. The van der Waals surface area contributed by atoms with Crippen molar-refractivity contribution in [2.75, 3.05) is 0 Å². The Morgan fingerprint density at radius 3 is 0.613 bits per heavy atom. The number of piperidine rings is 4. The first-order valence-electron chi connectivity index (χ1n) is 22.0. The van der Waals surface area contributed by atoms with Gasteiger partial charge >= 0.3 is 23.9 Å². The minimum absolute atomic E-state index is 0.287. The van der Waals surface area contributed by atoms with Crippen molar-refractivity contribution in [2.24, 2.45) is 0 Å². The van der Waals surface area contributed by atoms with Gasteiger partial charge in [0, 0.05) is 51.4 Å². The molecule has 0 unspecified atom stereocenters. The molecule has 0 aromatic heterocycles. The van der Waals surface area contributed by atoms with E-state index in [9.17, 15) is 19.2 Å². The van der Waals surface area contributed by atoms with E-state index in [2.05, 4.69) is 0 Å². The number of hydrogen-bond acceptors (Lipinski definition) is 12. The van der Waals surface area contributed by atoms with Crippen molar-refractivity contribution in [1.29, 1.82) is 0 Å². The van der Waals surface area contributed by atoms with Gasteiger partial charge in [-0.3, -0.25) is 0 Å². The second-order valence-corrected chi connectivity index (χ2v) is 23.5. The summed E-state index contributed by atoms with van der Waals surface area (Å²) < 4.78 is 24.7. The molecule has 0 aliphatic carbocycles. The van der Waals surface area contributed by atoms with Crippen molar-refractivity contribution in [3.63, 3.8) is 0 Å². The predicted molar refractivity (Wildman–Crippen MR) is 235 cm³/mol. The number of ether oxygens (including phenoxy) is 4. The van der Waals surface area contributed by atoms with E-state index in [4.69, 9.17) is 39.8 Å². The van der Waals surface area contributed by atoms with Gasteiger partial charge in [-0.25, -0.2) is 19.2 Å². The highest BCUT2D eigenvalue weighted by Crippen LogP contribution is 2.43. The summed E-state index contributed by atoms with van der Waals surface area (Å²) in [7, 11) is 0. The van der Waals surface area contributed by atoms with E-state index in [1.807, 2.05) is 111 Å². The molecule has 4 fully saturated rings. The molecule has 0 spiro atoms. The van der Waals surface area contributed by atoms with Crippen LogP contribution < -0.4 is 0 Å². The lowest BCUT2D eigenvalue weighted by atomic mass is 9.80. The SMILES string of the molecule is CC1(C)CC(OC(=O)c2cc(C(=O)OC3CC(C)(C)N([OH2+])C(C)(C)C3)c(C(=O)OC3CC(C)(C)N([OH2+])C(C)(C)C3)cc2C(=O)OC2CC(C)(C)N([OH2+])C(C)(C)C2)CC(C)(C)N1[OH2+]. The lowest BCUT2D eigenvalue weighted by Crippen LogP contribution is -2.61. The van der Waals surface area contributed by atoms with E-state index in [1.54, 1.807) is 0 Å². The molecule has 4 heterocycles. The number of carbonyl (C=O) groups excluding carboxylic acids is 4. The standard InChI is InChI=1S/C46H74N4O12/c1-39(2)19-27(20-40(3,4)47(39)55)59-35(51)31-17-33(37(53)61-29-23-43(9,10)49(57)44(11,12)24-29)34(38(54)62-30-25-45(13,14)50(58)46(15,16)26-30)18-32(31)36(52)60-28-21-41(5,6)48(56)42(7,8)22-28/h17-18,27-30,55-58H,19-26H2,1-16H3/p+4. The molecule has 0 atom stereocenters. The summed E-state index contributed by atoms with van der Waals surface area (Å²) in [6.45, 7) is 30.4. The molecule has 0 amide bonds. The zero-order chi connectivity index (χ0) is 47.1. The predicted octanol–water partition coefficient (Wildman–Crippen LogP) is 4.96. The Morgan fingerprint density at radius 2 is 0.484 bits per heavy atom. The molecule has 5 rings (SSSR count). The van der Waals surface area contributed by atoms with Gasteiger partial charge in [0.2, 0.25) is 0 Å². The van der Waals surface area contributed by atoms with E-state index >= 15 is 0 Å². The van der Waals surface area contributed by atoms with Crippen molar-refractivity contribution in [2.45, 2.75) is 231 Å². The Morgan fingerprint density at radius 1 is 0.355 bits per heavy atom. The summed E-state index contributed by atoms with van der Waals surface area (Å²) in [6.07, 6.45) is -0.0361. The molecule has 16 nitrogen and oxygen atoms in total. The van der Waals surface area contributed by atoms with Crippen molar-refractivity contribution in [3.8, 4) is 0 Å². The van der Waals surface area contributed by atoms with Crippen LogP contribution in [0.3, 0.4) is 0 Å². The third kappa shape index (κ3) is 10.0. The third-order valence-electron chi connectivity index (χ3n) is 13.8. The number of carbonyl (C=O) groups is 4. The molecule has 0 saturated carbocycles. The van der Waals surface area contributed by atoms with Crippen LogP contribution in [0.2, 0.25) is 0 Å². The van der Waals surface area contributed by atoms with Gasteiger partial charge in [-0.05, 0) is 123 Å². The summed E-state index contributed by atoms with van der Waals surface area (Å²) in [5.41, 5.74) is -6.49. The highest BCUT2D eigenvalue weighted by Gasteiger charge is 2.54. The fourth-order valence-corrected chi connectivity index (χ4v) is 11.2. The average molecular weight is 879 g/mol. The molecular formula is C46H78N4O12+4. The first-order valence-corrected chi connectivity index (χ1v) is 22.0. The topological polar surface area (TPSA) is 210 Å². The van der Waals surface area contributed by atoms with Crippen LogP contribution in [0.1, 0.15) is 204 Å². The molecule has 1 aromatic carbocycles. The van der Waals surface area contributed by atoms with E-state index in [0.29, 0.717) is 51.4 Å². The fraction of sp³-hybridized carbons (Fsp3) is 0.783. The van der Waals surface area contributed by atoms with Crippen LogP contribution in [-0.2, 0) is 18.9 Å². The number of nitrogens with zero attached hydrogens (tertiary/aromatic N) is 4. The molecule has 16 heteroatoms. The first-order chi connectivity index (χ1) is 27.9. The molecule has 62 heavy (non-hydrogen) atoms. The molecular weight excluding hydrogens is 801 g/mol. The zero-order valence-electron chi connectivity index (χ0n) is 40.2. The quantitative estimate of drug-likeness (QED) is 0.193. The smallest absolute Gasteiger partial charge is 0.339 e. The molecule has 4 aliphatic rings. The molecule has 4 aliphatic heterocycles. The van der Waals surface area contributed by atoms with Crippen molar-refractivity contribution in [1.82, 2.24) is 20.3 Å².